The number of aryl methyl sites for hydroxylation is 2. The van der Waals surface area contributed by atoms with Crippen LogP contribution in [0.15, 0.2) is 66.9 Å². The summed E-state index contributed by atoms with van der Waals surface area (Å²) in [6.45, 7) is 9.27. The molecule has 0 bridgehead atoms. The Labute approximate surface area is 183 Å². The molecule has 5 rings (SSSR count). The molecule has 2 aromatic carbocycles. The van der Waals surface area contributed by atoms with E-state index in [4.69, 9.17) is 10.7 Å². The highest BCUT2D eigenvalue weighted by Crippen LogP contribution is 2.30. The largest absolute Gasteiger partial charge is 0.398 e. The number of fused-ring (bicyclic) bond motifs is 1. The Bertz CT molecular complexity index is 1200. The fourth-order valence-corrected chi connectivity index (χ4v) is 4.57. The van der Waals surface area contributed by atoms with E-state index >= 15 is 0 Å². The number of nitrogens with zero attached hydrogens (tertiary/aromatic N) is 4. The summed E-state index contributed by atoms with van der Waals surface area (Å²) in [5, 5.41) is 0. The van der Waals surface area contributed by atoms with Crippen LogP contribution in [0.2, 0.25) is 0 Å². The number of imidazole rings is 1. The first kappa shape index (κ1) is 19.6. The molecule has 0 saturated carbocycles. The number of anilines is 2. The fourth-order valence-electron chi connectivity index (χ4n) is 4.57. The maximum absolute atomic E-state index is 6.14. The number of benzene rings is 2. The molecule has 1 aliphatic rings. The van der Waals surface area contributed by atoms with Gasteiger partial charge >= 0.3 is 0 Å². The van der Waals surface area contributed by atoms with Gasteiger partial charge in [0.25, 0.3) is 0 Å². The number of nitrogens with two attached hydrogens (primary N) is 1. The van der Waals surface area contributed by atoms with E-state index in [1.807, 2.05) is 18.3 Å². The van der Waals surface area contributed by atoms with Crippen molar-refractivity contribution < 1.29 is 0 Å². The Morgan fingerprint density at radius 3 is 2.42 bits per heavy atom. The zero-order valence-electron chi connectivity index (χ0n) is 18.3. The second kappa shape index (κ2) is 8.08. The minimum atomic E-state index is 0.757. The van der Waals surface area contributed by atoms with Crippen molar-refractivity contribution in [2.75, 3.05) is 36.8 Å². The lowest BCUT2D eigenvalue weighted by Gasteiger charge is -2.36. The van der Waals surface area contributed by atoms with Crippen molar-refractivity contribution in [1.82, 2.24) is 14.3 Å². The highest BCUT2D eigenvalue weighted by molar-refractivity contribution is 5.70. The molecule has 0 atom stereocenters. The van der Waals surface area contributed by atoms with Crippen LogP contribution >= 0.6 is 0 Å². The van der Waals surface area contributed by atoms with Crippen molar-refractivity contribution in [2.24, 2.45) is 0 Å². The van der Waals surface area contributed by atoms with Crippen LogP contribution in [0.3, 0.4) is 0 Å². The number of hydrogen-bond acceptors (Lipinski definition) is 4. The van der Waals surface area contributed by atoms with Crippen molar-refractivity contribution in [3.05, 3.63) is 83.7 Å². The SMILES string of the molecule is Cc1ccc(-c2nc3ccc(N)cn3c2CN2CCN(c3ccccc3)CC2)c(C)c1. The van der Waals surface area contributed by atoms with Crippen molar-refractivity contribution >= 4 is 17.0 Å². The molecule has 0 spiro atoms. The second-order valence-corrected chi connectivity index (χ2v) is 8.51. The van der Waals surface area contributed by atoms with Crippen LogP contribution in [-0.2, 0) is 6.54 Å². The zero-order valence-corrected chi connectivity index (χ0v) is 18.3. The van der Waals surface area contributed by atoms with E-state index in [1.165, 1.54) is 28.1 Å². The summed E-state index contributed by atoms with van der Waals surface area (Å²) in [6.07, 6.45) is 2.00. The van der Waals surface area contributed by atoms with Crippen LogP contribution in [-0.4, -0.2) is 40.5 Å². The van der Waals surface area contributed by atoms with Gasteiger partial charge in [-0.3, -0.25) is 4.90 Å². The Hall–Kier alpha value is -3.31. The molecule has 31 heavy (non-hydrogen) atoms. The molecule has 1 aliphatic heterocycles. The molecule has 3 heterocycles. The minimum absolute atomic E-state index is 0.757. The number of hydrogen-bond donors (Lipinski definition) is 1. The van der Waals surface area contributed by atoms with Gasteiger partial charge in [-0.2, -0.15) is 0 Å². The lowest BCUT2D eigenvalue weighted by molar-refractivity contribution is 0.247. The van der Waals surface area contributed by atoms with Gasteiger partial charge in [0.1, 0.15) is 5.65 Å². The third-order valence-electron chi connectivity index (χ3n) is 6.24. The molecule has 4 aromatic rings. The molecular weight excluding hydrogens is 382 g/mol. The van der Waals surface area contributed by atoms with Crippen LogP contribution in [0.1, 0.15) is 16.8 Å². The first-order valence-electron chi connectivity index (χ1n) is 10.9. The summed E-state index contributed by atoms with van der Waals surface area (Å²) >= 11 is 0. The Morgan fingerprint density at radius 1 is 0.903 bits per heavy atom. The van der Waals surface area contributed by atoms with Crippen molar-refractivity contribution in [3.63, 3.8) is 0 Å². The summed E-state index contributed by atoms with van der Waals surface area (Å²) < 4.78 is 2.17. The monoisotopic (exact) mass is 411 g/mol. The molecule has 0 amide bonds. The quantitative estimate of drug-likeness (QED) is 0.536. The Balaban J connectivity index is 1.46. The van der Waals surface area contributed by atoms with E-state index in [9.17, 15) is 0 Å². The van der Waals surface area contributed by atoms with Gasteiger partial charge in [-0.05, 0) is 43.7 Å². The summed E-state index contributed by atoms with van der Waals surface area (Å²) in [7, 11) is 0. The predicted octanol–water partition coefficient (Wildman–Crippen LogP) is 4.52. The molecular formula is C26H29N5. The van der Waals surface area contributed by atoms with Crippen molar-refractivity contribution in [1.29, 1.82) is 0 Å². The molecule has 0 aliphatic carbocycles. The molecule has 1 saturated heterocycles. The maximum Gasteiger partial charge on any atom is 0.137 e. The predicted molar refractivity (Wildman–Crippen MR) is 128 cm³/mol. The summed E-state index contributed by atoms with van der Waals surface area (Å²) in [5.41, 5.74) is 15.1. The number of aromatic nitrogens is 2. The molecule has 0 radical (unpaired) electrons. The van der Waals surface area contributed by atoms with Gasteiger partial charge in [-0.25, -0.2) is 4.98 Å². The molecule has 2 N–H and O–H groups in total. The molecule has 5 nitrogen and oxygen atoms in total. The summed E-state index contributed by atoms with van der Waals surface area (Å²) in [5.74, 6) is 0. The third-order valence-corrected chi connectivity index (χ3v) is 6.24. The van der Waals surface area contributed by atoms with Gasteiger partial charge in [0.15, 0.2) is 0 Å². The average molecular weight is 412 g/mol. The maximum atomic E-state index is 6.14. The van der Waals surface area contributed by atoms with E-state index in [1.54, 1.807) is 0 Å². The summed E-state index contributed by atoms with van der Waals surface area (Å²) in [6, 6.07) is 21.2. The van der Waals surface area contributed by atoms with E-state index in [0.29, 0.717) is 0 Å². The zero-order chi connectivity index (χ0) is 21.4. The number of nitrogen functional groups attached to an aromatic ring is 1. The van der Waals surface area contributed by atoms with Gasteiger partial charge < -0.3 is 15.0 Å². The fraction of sp³-hybridized carbons (Fsp3) is 0.269. The first-order valence-corrected chi connectivity index (χ1v) is 10.9. The van der Waals surface area contributed by atoms with Gasteiger partial charge in [0.2, 0.25) is 0 Å². The lowest BCUT2D eigenvalue weighted by Crippen LogP contribution is -2.46. The van der Waals surface area contributed by atoms with E-state index in [-0.39, 0.29) is 0 Å². The van der Waals surface area contributed by atoms with Gasteiger partial charge in [0, 0.05) is 55.9 Å². The van der Waals surface area contributed by atoms with Crippen LogP contribution in [0, 0.1) is 13.8 Å². The molecule has 2 aromatic heterocycles. The van der Waals surface area contributed by atoms with Crippen LogP contribution < -0.4 is 10.6 Å². The molecule has 0 unspecified atom stereocenters. The first-order chi connectivity index (χ1) is 15.1. The minimum Gasteiger partial charge on any atom is -0.398 e. The Kier molecular flexibility index (Phi) is 5.12. The topological polar surface area (TPSA) is 49.8 Å². The third kappa shape index (κ3) is 3.89. The van der Waals surface area contributed by atoms with Crippen molar-refractivity contribution in [2.45, 2.75) is 20.4 Å². The van der Waals surface area contributed by atoms with Crippen LogP contribution in [0.25, 0.3) is 16.9 Å². The van der Waals surface area contributed by atoms with Crippen LogP contribution in [0.4, 0.5) is 11.4 Å². The molecule has 1 fully saturated rings. The van der Waals surface area contributed by atoms with Gasteiger partial charge in [-0.1, -0.05) is 42.0 Å². The molecule has 5 heteroatoms. The lowest BCUT2D eigenvalue weighted by atomic mass is 10.0. The highest BCUT2D eigenvalue weighted by atomic mass is 15.3. The van der Waals surface area contributed by atoms with Crippen molar-refractivity contribution in [3.8, 4) is 11.3 Å². The standard InChI is InChI=1S/C26H29N5/c1-19-8-10-23(20(2)16-19)26-24(31-17-21(27)9-11-25(31)28-26)18-29-12-14-30(15-13-29)22-6-4-3-5-7-22/h3-11,16-17H,12-15,18,27H2,1-2H3. The normalized spacial score (nSPS) is 15.0. The van der Waals surface area contributed by atoms with Crippen LogP contribution in [0.5, 0.6) is 0 Å². The van der Waals surface area contributed by atoms with E-state index in [2.05, 4.69) is 76.6 Å². The Morgan fingerprint density at radius 2 is 1.68 bits per heavy atom. The van der Waals surface area contributed by atoms with E-state index < -0.39 is 0 Å². The second-order valence-electron chi connectivity index (χ2n) is 8.51. The number of pyridine rings is 1. The number of para-hydroxylation sites is 1. The van der Waals surface area contributed by atoms with Gasteiger partial charge in [0.05, 0.1) is 11.4 Å². The molecule has 158 valence electrons. The number of piperazine rings is 1. The average Bonchev–Trinajstić information content (AvgIpc) is 3.12. The van der Waals surface area contributed by atoms with E-state index in [0.717, 1.165) is 49.8 Å². The highest BCUT2D eigenvalue weighted by Gasteiger charge is 2.22. The number of rotatable bonds is 4. The smallest absolute Gasteiger partial charge is 0.137 e. The summed E-state index contributed by atoms with van der Waals surface area (Å²) in [4.78, 5) is 10.0. The van der Waals surface area contributed by atoms with Gasteiger partial charge in [-0.15, -0.1) is 0 Å².